The van der Waals surface area contributed by atoms with Gasteiger partial charge in [-0.05, 0) is 12.1 Å². The molecule has 0 saturated heterocycles. The molecule has 0 saturated carbocycles. The van der Waals surface area contributed by atoms with Crippen LogP contribution in [-0.4, -0.2) is 10.9 Å². The summed E-state index contributed by atoms with van der Waals surface area (Å²) < 4.78 is 1.74. The van der Waals surface area contributed by atoms with Crippen molar-refractivity contribution < 1.29 is 4.79 Å². The molecule has 3 heteroatoms. The van der Waals surface area contributed by atoms with Crippen LogP contribution >= 0.6 is 11.6 Å². The van der Waals surface area contributed by atoms with E-state index in [0.717, 1.165) is 6.29 Å². The Hall–Kier alpha value is -1.02. The van der Waals surface area contributed by atoms with Crippen LogP contribution in [0.1, 0.15) is 10.5 Å². The van der Waals surface area contributed by atoms with E-state index in [4.69, 9.17) is 11.6 Å². The van der Waals surface area contributed by atoms with E-state index in [9.17, 15) is 4.79 Å². The lowest BCUT2D eigenvalue weighted by atomic mass is 10.4. The molecule has 1 aromatic heterocycles. The molecule has 11 heavy (non-hydrogen) atoms. The second kappa shape index (κ2) is 3.39. The summed E-state index contributed by atoms with van der Waals surface area (Å²) in [5, 5.41) is 0.518. The highest BCUT2D eigenvalue weighted by Crippen LogP contribution is 2.05. The highest BCUT2D eigenvalue weighted by atomic mass is 35.5. The summed E-state index contributed by atoms with van der Waals surface area (Å²) >= 11 is 5.57. The zero-order valence-corrected chi connectivity index (χ0v) is 6.71. The molecule has 0 aliphatic carbocycles. The third-order valence-electron chi connectivity index (χ3n) is 1.33. The zero-order valence-electron chi connectivity index (χ0n) is 5.96. The number of carbonyl (C=O) groups is 1. The van der Waals surface area contributed by atoms with Crippen LogP contribution in [0, 0.1) is 0 Å². The number of hydrogen-bond donors (Lipinski definition) is 0. The molecule has 0 bridgehead atoms. The maximum absolute atomic E-state index is 10.4. The van der Waals surface area contributed by atoms with Crippen LogP contribution in [-0.2, 0) is 6.54 Å². The Bertz CT molecular complexity index is 277. The molecule has 2 nitrogen and oxygen atoms in total. The number of aromatic nitrogens is 1. The number of carbonyl (C=O) groups excluding carboxylic acids is 1. The van der Waals surface area contributed by atoms with Crippen LogP contribution < -0.4 is 0 Å². The monoisotopic (exact) mass is 169 g/mol. The van der Waals surface area contributed by atoms with Crippen LogP contribution in [0.4, 0.5) is 0 Å². The summed E-state index contributed by atoms with van der Waals surface area (Å²) in [7, 11) is 0. The minimum absolute atomic E-state index is 0.489. The average Bonchev–Trinajstić information content (AvgIpc) is 2.34. The van der Waals surface area contributed by atoms with E-state index in [1.807, 2.05) is 0 Å². The quantitative estimate of drug-likeness (QED) is 0.635. The van der Waals surface area contributed by atoms with Gasteiger partial charge in [0, 0.05) is 11.2 Å². The third-order valence-corrected chi connectivity index (χ3v) is 1.45. The van der Waals surface area contributed by atoms with Crippen molar-refractivity contribution in [3.05, 3.63) is 35.6 Å². The molecule has 0 spiro atoms. The lowest BCUT2D eigenvalue weighted by Gasteiger charge is -2.01. The van der Waals surface area contributed by atoms with Crippen molar-refractivity contribution >= 4 is 17.9 Å². The van der Waals surface area contributed by atoms with Crippen molar-refractivity contribution in [2.75, 3.05) is 0 Å². The number of hydrogen-bond acceptors (Lipinski definition) is 1. The van der Waals surface area contributed by atoms with Crippen molar-refractivity contribution in [3.8, 4) is 0 Å². The molecule has 0 atom stereocenters. The molecule has 1 heterocycles. The van der Waals surface area contributed by atoms with Crippen molar-refractivity contribution in [3.63, 3.8) is 0 Å². The highest BCUT2D eigenvalue weighted by Gasteiger charge is 1.98. The van der Waals surface area contributed by atoms with Gasteiger partial charge in [-0.2, -0.15) is 0 Å². The first-order chi connectivity index (χ1) is 5.24. The molecule has 0 amide bonds. The first-order valence-electron chi connectivity index (χ1n) is 3.17. The van der Waals surface area contributed by atoms with Gasteiger partial charge in [-0.1, -0.05) is 18.2 Å². The van der Waals surface area contributed by atoms with Crippen LogP contribution in [0.2, 0.25) is 0 Å². The fraction of sp³-hybridized carbons (Fsp3) is 0.125. The molecular formula is C8H8ClNO. The maximum atomic E-state index is 10.4. The third kappa shape index (κ3) is 1.95. The van der Waals surface area contributed by atoms with E-state index in [1.54, 1.807) is 22.9 Å². The predicted octanol–water partition coefficient (Wildman–Crippen LogP) is 2.05. The summed E-state index contributed by atoms with van der Waals surface area (Å²) in [6.07, 6.45) is 2.58. The molecule has 0 N–H and O–H groups in total. The normalized spacial score (nSPS) is 9.55. The van der Waals surface area contributed by atoms with Crippen LogP contribution in [0.5, 0.6) is 0 Å². The SMILES string of the molecule is C=C(Cl)Cn1cccc1C=O. The van der Waals surface area contributed by atoms with E-state index < -0.39 is 0 Å². The highest BCUT2D eigenvalue weighted by molar-refractivity contribution is 6.29. The fourth-order valence-corrected chi connectivity index (χ4v) is 0.992. The van der Waals surface area contributed by atoms with Gasteiger partial charge >= 0.3 is 0 Å². The molecular weight excluding hydrogens is 162 g/mol. The van der Waals surface area contributed by atoms with E-state index >= 15 is 0 Å². The first kappa shape index (κ1) is 8.08. The zero-order chi connectivity index (χ0) is 8.27. The summed E-state index contributed by atoms with van der Waals surface area (Å²) in [4.78, 5) is 10.4. The van der Waals surface area contributed by atoms with Gasteiger partial charge in [0.05, 0.1) is 12.2 Å². The van der Waals surface area contributed by atoms with Gasteiger partial charge in [0.1, 0.15) is 0 Å². The van der Waals surface area contributed by atoms with E-state index in [1.165, 1.54) is 0 Å². The van der Waals surface area contributed by atoms with E-state index in [-0.39, 0.29) is 0 Å². The van der Waals surface area contributed by atoms with E-state index in [2.05, 4.69) is 6.58 Å². The maximum Gasteiger partial charge on any atom is 0.166 e. The van der Waals surface area contributed by atoms with Gasteiger partial charge in [0.15, 0.2) is 6.29 Å². The number of rotatable bonds is 3. The lowest BCUT2D eigenvalue weighted by molar-refractivity contribution is 0.111. The summed E-state index contributed by atoms with van der Waals surface area (Å²) in [6, 6.07) is 3.52. The number of allylic oxidation sites excluding steroid dienone is 1. The molecule has 58 valence electrons. The van der Waals surface area contributed by atoms with Crippen molar-refractivity contribution in [2.45, 2.75) is 6.54 Å². The summed E-state index contributed by atoms with van der Waals surface area (Å²) in [6.45, 7) is 4.02. The number of nitrogens with zero attached hydrogens (tertiary/aromatic N) is 1. The van der Waals surface area contributed by atoms with Crippen LogP contribution in [0.25, 0.3) is 0 Å². The lowest BCUT2D eigenvalue weighted by Crippen LogP contribution is -1.99. The summed E-state index contributed by atoms with van der Waals surface area (Å²) in [5.41, 5.74) is 0.617. The van der Waals surface area contributed by atoms with Gasteiger partial charge in [-0.15, -0.1) is 0 Å². The molecule has 0 aliphatic heterocycles. The smallest absolute Gasteiger partial charge is 0.166 e. The molecule has 0 radical (unpaired) electrons. The number of aldehydes is 1. The van der Waals surface area contributed by atoms with Crippen molar-refractivity contribution in [2.24, 2.45) is 0 Å². The molecule has 0 fully saturated rings. The van der Waals surface area contributed by atoms with Crippen LogP contribution in [0.15, 0.2) is 29.9 Å². The van der Waals surface area contributed by atoms with Gasteiger partial charge in [0.2, 0.25) is 0 Å². The van der Waals surface area contributed by atoms with E-state index in [0.29, 0.717) is 17.3 Å². The Morgan fingerprint density at radius 2 is 2.55 bits per heavy atom. The molecule has 0 unspecified atom stereocenters. The van der Waals surface area contributed by atoms with Crippen molar-refractivity contribution in [1.82, 2.24) is 4.57 Å². The Balaban J connectivity index is 2.84. The molecule has 0 aliphatic rings. The topological polar surface area (TPSA) is 22.0 Å². The number of halogens is 1. The Morgan fingerprint density at radius 1 is 1.82 bits per heavy atom. The van der Waals surface area contributed by atoms with Gasteiger partial charge < -0.3 is 4.57 Å². The van der Waals surface area contributed by atoms with Crippen LogP contribution in [0.3, 0.4) is 0 Å². The average molecular weight is 170 g/mol. The molecule has 1 rings (SSSR count). The molecule has 1 aromatic rings. The Kier molecular flexibility index (Phi) is 2.49. The second-order valence-electron chi connectivity index (χ2n) is 2.20. The minimum Gasteiger partial charge on any atom is -0.340 e. The van der Waals surface area contributed by atoms with Gasteiger partial charge in [-0.3, -0.25) is 4.79 Å². The first-order valence-corrected chi connectivity index (χ1v) is 3.55. The minimum atomic E-state index is 0.489. The fourth-order valence-electron chi connectivity index (χ4n) is 0.863. The molecule has 0 aromatic carbocycles. The Labute approximate surface area is 70.1 Å². The predicted molar refractivity (Wildman–Crippen MR) is 44.8 cm³/mol. The van der Waals surface area contributed by atoms with Gasteiger partial charge in [0.25, 0.3) is 0 Å². The standard InChI is InChI=1S/C8H8ClNO/c1-7(9)5-10-4-2-3-8(10)6-11/h2-4,6H,1,5H2. The largest absolute Gasteiger partial charge is 0.340 e. The van der Waals surface area contributed by atoms with Crippen molar-refractivity contribution in [1.29, 1.82) is 0 Å². The second-order valence-corrected chi connectivity index (χ2v) is 2.73. The summed E-state index contributed by atoms with van der Waals surface area (Å²) in [5.74, 6) is 0. The van der Waals surface area contributed by atoms with Gasteiger partial charge in [-0.25, -0.2) is 0 Å². The Morgan fingerprint density at radius 3 is 3.09 bits per heavy atom.